The Morgan fingerprint density at radius 1 is 1.26 bits per heavy atom. The molecule has 3 heterocycles. The Hall–Kier alpha value is -2.66. The minimum atomic E-state index is -0.0923. The van der Waals surface area contributed by atoms with Gasteiger partial charge >= 0.3 is 0 Å². The molecule has 0 saturated heterocycles. The van der Waals surface area contributed by atoms with Crippen molar-refractivity contribution in [2.75, 3.05) is 0 Å². The zero-order chi connectivity index (χ0) is 15.6. The van der Waals surface area contributed by atoms with E-state index in [4.69, 9.17) is 4.74 Å². The van der Waals surface area contributed by atoms with E-state index in [2.05, 4.69) is 10.3 Å². The maximum atomic E-state index is 12.3. The molecular formula is C18H14N2O2S. The third kappa shape index (κ3) is 2.71. The molecule has 2 aromatic heterocycles. The predicted molar refractivity (Wildman–Crippen MR) is 89.5 cm³/mol. The second kappa shape index (κ2) is 5.85. The van der Waals surface area contributed by atoms with Crippen LogP contribution in [0.5, 0.6) is 5.75 Å². The summed E-state index contributed by atoms with van der Waals surface area (Å²) in [6.45, 7) is 1.03. The van der Waals surface area contributed by atoms with Gasteiger partial charge in [0, 0.05) is 34.0 Å². The van der Waals surface area contributed by atoms with Gasteiger partial charge in [-0.15, -0.1) is 11.3 Å². The van der Waals surface area contributed by atoms with Gasteiger partial charge in [-0.25, -0.2) is 0 Å². The van der Waals surface area contributed by atoms with Gasteiger partial charge in [-0.3, -0.25) is 9.78 Å². The summed E-state index contributed by atoms with van der Waals surface area (Å²) < 4.78 is 5.77. The van der Waals surface area contributed by atoms with E-state index in [1.54, 1.807) is 17.5 Å². The Morgan fingerprint density at radius 2 is 2.22 bits per heavy atom. The van der Waals surface area contributed by atoms with Crippen molar-refractivity contribution in [1.82, 2.24) is 10.3 Å². The van der Waals surface area contributed by atoms with Gasteiger partial charge in [0.05, 0.1) is 6.54 Å². The highest BCUT2D eigenvalue weighted by molar-refractivity contribution is 7.09. The van der Waals surface area contributed by atoms with Crippen LogP contribution in [0.25, 0.3) is 11.1 Å². The molecule has 0 aliphatic carbocycles. The van der Waals surface area contributed by atoms with Crippen LogP contribution in [0.4, 0.5) is 0 Å². The van der Waals surface area contributed by atoms with Crippen LogP contribution < -0.4 is 10.1 Å². The number of ether oxygens (including phenoxy) is 1. The second-order valence-electron chi connectivity index (χ2n) is 5.29. The zero-order valence-electron chi connectivity index (χ0n) is 12.3. The first-order chi connectivity index (χ1) is 11.3. The first-order valence-corrected chi connectivity index (χ1v) is 8.20. The fraction of sp³-hybridized carbons (Fsp3) is 0.111. The van der Waals surface area contributed by atoms with Gasteiger partial charge in [-0.1, -0.05) is 6.07 Å². The fourth-order valence-corrected chi connectivity index (χ4v) is 3.29. The topological polar surface area (TPSA) is 51.2 Å². The van der Waals surface area contributed by atoms with Crippen molar-refractivity contribution in [3.8, 4) is 16.9 Å². The Labute approximate surface area is 137 Å². The minimum Gasteiger partial charge on any atom is -0.488 e. The van der Waals surface area contributed by atoms with Crippen molar-refractivity contribution >= 4 is 17.2 Å². The number of fused-ring (bicyclic) bond motifs is 3. The molecule has 114 valence electrons. The van der Waals surface area contributed by atoms with E-state index in [0.29, 0.717) is 18.7 Å². The molecule has 4 rings (SSSR count). The molecule has 0 spiro atoms. The van der Waals surface area contributed by atoms with Crippen molar-refractivity contribution < 1.29 is 9.53 Å². The molecule has 0 bridgehead atoms. The lowest BCUT2D eigenvalue weighted by Gasteiger charge is -2.20. The van der Waals surface area contributed by atoms with Gasteiger partial charge < -0.3 is 10.1 Å². The Balaban J connectivity index is 1.57. The Bertz CT molecular complexity index is 859. The summed E-state index contributed by atoms with van der Waals surface area (Å²) in [5.41, 5.74) is 3.79. The quantitative estimate of drug-likeness (QED) is 0.801. The molecule has 0 atom stereocenters. The van der Waals surface area contributed by atoms with Crippen LogP contribution in [0.1, 0.15) is 20.8 Å². The predicted octanol–water partition coefficient (Wildman–Crippen LogP) is 3.63. The van der Waals surface area contributed by atoms with E-state index < -0.39 is 0 Å². The maximum Gasteiger partial charge on any atom is 0.251 e. The average Bonchev–Trinajstić information content (AvgIpc) is 3.12. The summed E-state index contributed by atoms with van der Waals surface area (Å²) in [6, 6.07) is 11.5. The summed E-state index contributed by atoms with van der Waals surface area (Å²) >= 11 is 1.63. The number of rotatable bonds is 3. The molecule has 1 aromatic carbocycles. The maximum absolute atomic E-state index is 12.3. The van der Waals surface area contributed by atoms with Crippen molar-refractivity contribution in [2.24, 2.45) is 0 Å². The summed E-state index contributed by atoms with van der Waals surface area (Å²) in [5, 5.41) is 4.93. The van der Waals surface area contributed by atoms with Gasteiger partial charge in [0.1, 0.15) is 12.4 Å². The lowest BCUT2D eigenvalue weighted by Crippen LogP contribution is -2.22. The largest absolute Gasteiger partial charge is 0.488 e. The molecule has 3 aromatic rings. The van der Waals surface area contributed by atoms with Gasteiger partial charge in [-0.2, -0.15) is 0 Å². The lowest BCUT2D eigenvalue weighted by molar-refractivity contribution is 0.0951. The molecule has 1 N–H and O–H groups in total. The van der Waals surface area contributed by atoms with Gasteiger partial charge in [-0.05, 0) is 41.3 Å². The lowest BCUT2D eigenvalue weighted by atomic mass is 9.97. The molecular weight excluding hydrogens is 308 g/mol. The van der Waals surface area contributed by atoms with Gasteiger partial charge in [0.15, 0.2) is 0 Å². The third-order valence-corrected chi connectivity index (χ3v) is 4.70. The smallest absolute Gasteiger partial charge is 0.251 e. The van der Waals surface area contributed by atoms with Crippen LogP contribution in [-0.4, -0.2) is 10.9 Å². The first kappa shape index (κ1) is 14.0. The number of nitrogens with one attached hydrogen (secondary N) is 1. The molecule has 0 unspecified atom stereocenters. The Morgan fingerprint density at radius 3 is 3.09 bits per heavy atom. The van der Waals surface area contributed by atoms with Crippen LogP contribution in [0.2, 0.25) is 0 Å². The number of nitrogens with zero attached hydrogens (tertiary/aromatic N) is 1. The second-order valence-corrected chi connectivity index (χ2v) is 6.33. The number of pyridine rings is 1. The van der Waals surface area contributed by atoms with Crippen LogP contribution in [0, 0.1) is 0 Å². The molecule has 0 saturated carbocycles. The number of hydrogen-bond acceptors (Lipinski definition) is 4. The van der Waals surface area contributed by atoms with Crippen molar-refractivity contribution in [3.05, 3.63) is 70.2 Å². The van der Waals surface area contributed by atoms with E-state index in [1.807, 2.05) is 48.0 Å². The number of thiophene rings is 1. The molecule has 0 fully saturated rings. The average molecular weight is 322 g/mol. The van der Waals surface area contributed by atoms with Gasteiger partial charge in [0.25, 0.3) is 5.91 Å². The van der Waals surface area contributed by atoms with Crippen molar-refractivity contribution in [3.63, 3.8) is 0 Å². The molecule has 1 aliphatic heterocycles. The Kier molecular flexibility index (Phi) is 3.55. The number of carbonyl (C=O) groups is 1. The van der Waals surface area contributed by atoms with Crippen molar-refractivity contribution in [2.45, 2.75) is 13.2 Å². The fourth-order valence-electron chi connectivity index (χ4n) is 2.65. The van der Waals surface area contributed by atoms with E-state index in [9.17, 15) is 4.79 Å². The highest BCUT2D eigenvalue weighted by Gasteiger charge is 2.18. The molecule has 1 aliphatic rings. The van der Waals surface area contributed by atoms with Crippen molar-refractivity contribution in [1.29, 1.82) is 0 Å². The van der Waals surface area contributed by atoms with Crippen LogP contribution >= 0.6 is 11.3 Å². The third-order valence-electron chi connectivity index (χ3n) is 3.82. The first-order valence-electron chi connectivity index (χ1n) is 7.32. The summed E-state index contributed by atoms with van der Waals surface area (Å²) in [7, 11) is 0. The molecule has 0 radical (unpaired) electrons. The van der Waals surface area contributed by atoms with Crippen LogP contribution in [0.15, 0.2) is 54.2 Å². The van der Waals surface area contributed by atoms with E-state index in [-0.39, 0.29) is 5.91 Å². The number of aromatic nitrogens is 1. The van der Waals surface area contributed by atoms with Gasteiger partial charge in [0.2, 0.25) is 0 Å². The summed E-state index contributed by atoms with van der Waals surface area (Å²) in [5.74, 6) is 0.651. The highest BCUT2D eigenvalue weighted by Crippen LogP contribution is 2.37. The molecule has 4 nitrogen and oxygen atoms in total. The molecule has 5 heteroatoms. The van der Waals surface area contributed by atoms with Crippen LogP contribution in [-0.2, 0) is 13.2 Å². The number of benzene rings is 1. The summed E-state index contributed by atoms with van der Waals surface area (Å²) in [6.07, 6.45) is 3.59. The normalized spacial score (nSPS) is 12.0. The van der Waals surface area contributed by atoms with E-state index in [0.717, 1.165) is 27.3 Å². The standard InChI is InChI=1S/C18H14N2O2S/c21-18(20-10-14-2-1-7-23-14)12-3-4-16-15-5-6-19-9-13(15)11-22-17(16)8-12/h1-9H,10-11H2,(H,20,21). The van der Waals surface area contributed by atoms with E-state index >= 15 is 0 Å². The number of carbonyl (C=O) groups excluding carboxylic acids is 1. The van der Waals surface area contributed by atoms with E-state index in [1.165, 1.54) is 0 Å². The monoisotopic (exact) mass is 322 g/mol. The molecule has 23 heavy (non-hydrogen) atoms. The number of amides is 1. The SMILES string of the molecule is O=C(NCc1cccs1)c1ccc2c(c1)OCc1cnccc1-2. The molecule has 1 amide bonds. The zero-order valence-corrected chi connectivity index (χ0v) is 13.1. The van der Waals surface area contributed by atoms with Crippen LogP contribution in [0.3, 0.4) is 0 Å². The minimum absolute atomic E-state index is 0.0923. The highest BCUT2D eigenvalue weighted by atomic mass is 32.1. The number of hydrogen-bond donors (Lipinski definition) is 1. The summed E-state index contributed by atoms with van der Waals surface area (Å²) in [4.78, 5) is 17.6.